The highest BCUT2D eigenvalue weighted by Crippen LogP contribution is 2.33. The Morgan fingerprint density at radius 2 is 1.51 bits per heavy atom. The summed E-state index contributed by atoms with van der Waals surface area (Å²) in [6.07, 6.45) is 2.12. The molecule has 0 saturated heterocycles. The molecule has 0 aliphatic rings. The number of para-hydroxylation sites is 1. The minimum atomic E-state index is -0.546. The molecule has 1 atom stereocenters. The van der Waals surface area contributed by atoms with Crippen LogP contribution in [0, 0.1) is 0 Å². The van der Waals surface area contributed by atoms with Crippen molar-refractivity contribution in [2.45, 2.75) is 23.5 Å². The molecule has 0 bridgehead atoms. The number of thioether (sulfide) groups is 1. The summed E-state index contributed by atoms with van der Waals surface area (Å²) in [6.45, 7) is 1.94. The van der Waals surface area contributed by atoms with Gasteiger partial charge in [-0.1, -0.05) is 43.3 Å². The third-order valence-corrected chi connectivity index (χ3v) is 8.01. The highest BCUT2D eigenvalue weighted by atomic mass is 32.2. The fraction of sp³-hybridized carbons (Fsp3) is 0.171. The van der Waals surface area contributed by atoms with Gasteiger partial charge in [0.1, 0.15) is 11.4 Å². The van der Waals surface area contributed by atoms with Crippen molar-refractivity contribution in [2.75, 3.05) is 32.0 Å². The summed E-state index contributed by atoms with van der Waals surface area (Å²) in [4.78, 5) is 40.6. The van der Waals surface area contributed by atoms with E-state index in [2.05, 4.69) is 16.0 Å². The first-order chi connectivity index (χ1) is 21.8. The van der Waals surface area contributed by atoms with Gasteiger partial charge in [-0.25, -0.2) is 0 Å². The minimum Gasteiger partial charge on any atom is -0.497 e. The first-order valence-corrected chi connectivity index (χ1v) is 15.0. The van der Waals surface area contributed by atoms with E-state index in [-0.39, 0.29) is 16.9 Å². The van der Waals surface area contributed by atoms with Crippen LogP contribution in [0.4, 0.5) is 11.4 Å². The Kier molecular flexibility index (Phi) is 11.6. The number of ether oxygens (including phenoxy) is 3. The number of anilines is 2. The van der Waals surface area contributed by atoms with E-state index in [9.17, 15) is 14.4 Å². The average molecular weight is 626 g/mol. The summed E-state index contributed by atoms with van der Waals surface area (Å²) < 4.78 is 16.1. The van der Waals surface area contributed by atoms with Gasteiger partial charge in [-0.3, -0.25) is 14.4 Å². The predicted molar refractivity (Wildman–Crippen MR) is 178 cm³/mol. The topological polar surface area (TPSA) is 115 Å². The van der Waals surface area contributed by atoms with E-state index >= 15 is 0 Å². The SMILES string of the molecule is CCC(Sc1cccc(NC(=O)/C(=C\c2cccc(OC)c2OC)NC(=O)c2ccccc2)c1)C(=O)Nc1ccc(OC)cc1. The summed E-state index contributed by atoms with van der Waals surface area (Å²) in [5.41, 5.74) is 2.09. The molecule has 0 heterocycles. The van der Waals surface area contributed by atoms with Crippen molar-refractivity contribution in [3.63, 3.8) is 0 Å². The molecule has 0 spiro atoms. The van der Waals surface area contributed by atoms with E-state index in [1.165, 1.54) is 32.1 Å². The molecule has 10 heteroatoms. The van der Waals surface area contributed by atoms with Crippen LogP contribution >= 0.6 is 11.8 Å². The standard InChI is InChI=1S/C35H35N3O6S/c1-5-31(35(41)36-25-17-19-27(42-2)20-18-25)45-28-15-10-14-26(22-28)37-34(40)29(38-33(39)23-11-7-6-8-12-23)21-24-13-9-16-30(43-3)32(24)44-4/h6-22,31H,5H2,1-4H3,(H,36,41)(H,37,40)(H,38,39)/b29-21+. The van der Waals surface area contributed by atoms with Crippen LogP contribution in [0.25, 0.3) is 6.08 Å². The molecule has 0 radical (unpaired) electrons. The second-order valence-corrected chi connectivity index (χ2v) is 11.0. The van der Waals surface area contributed by atoms with Crippen LogP contribution in [-0.4, -0.2) is 44.3 Å². The Labute approximate surface area is 267 Å². The van der Waals surface area contributed by atoms with Gasteiger partial charge < -0.3 is 30.2 Å². The Morgan fingerprint density at radius 1 is 0.778 bits per heavy atom. The van der Waals surface area contributed by atoms with Gasteiger partial charge in [0.15, 0.2) is 11.5 Å². The van der Waals surface area contributed by atoms with Gasteiger partial charge in [-0.15, -0.1) is 11.8 Å². The smallest absolute Gasteiger partial charge is 0.272 e. The zero-order valence-electron chi connectivity index (χ0n) is 25.5. The van der Waals surface area contributed by atoms with Crippen LogP contribution in [0.2, 0.25) is 0 Å². The molecule has 3 N–H and O–H groups in total. The van der Waals surface area contributed by atoms with Crippen LogP contribution in [-0.2, 0) is 9.59 Å². The second-order valence-electron chi connectivity index (χ2n) is 9.68. The Bertz CT molecular complexity index is 1660. The molecule has 4 aromatic rings. The van der Waals surface area contributed by atoms with Gasteiger partial charge >= 0.3 is 0 Å². The van der Waals surface area contributed by atoms with Crippen molar-refractivity contribution < 1.29 is 28.6 Å². The predicted octanol–water partition coefficient (Wildman–Crippen LogP) is 6.63. The maximum atomic E-state index is 13.6. The number of nitrogens with one attached hydrogen (secondary N) is 3. The highest BCUT2D eigenvalue weighted by molar-refractivity contribution is 8.00. The number of rotatable bonds is 13. The Morgan fingerprint density at radius 3 is 2.18 bits per heavy atom. The molecule has 1 unspecified atom stereocenters. The number of amides is 3. The molecule has 4 rings (SSSR count). The molecule has 45 heavy (non-hydrogen) atoms. The number of methoxy groups -OCH3 is 3. The van der Waals surface area contributed by atoms with E-state index in [0.717, 1.165) is 4.90 Å². The maximum Gasteiger partial charge on any atom is 0.272 e. The van der Waals surface area contributed by atoms with Crippen LogP contribution in [0.5, 0.6) is 17.2 Å². The first kappa shape index (κ1) is 32.7. The van der Waals surface area contributed by atoms with E-state index in [0.29, 0.717) is 46.2 Å². The monoisotopic (exact) mass is 625 g/mol. The summed E-state index contributed by atoms with van der Waals surface area (Å²) in [5.74, 6) is 0.465. The van der Waals surface area contributed by atoms with Crippen molar-refractivity contribution in [2.24, 2.45) is 0 Å². The largest absolute Gasteiger partial charge is 0.497 e. The lowest BCUT2D eigenvalue weighted by Crippen LogP contribution is -2.30. The van der Waals surface area contributed by atoms with E-state index in [1.807, 2.05) is 13.0 Å². The molecular formula is C35H35N3O6S. The number of benzene rings is 4. The van der Waals surface area contributed by atoms with Crippen LogP contribution in [0.1, 0.15) is 29.3 Å². The van der Waals surface area contributed by atoms with Gasteiger partial charge in [0.05, 0.1) is 26.6 Å². The molecule has 3 amide bonds. The number of carbonyl (C=O) groups is 3. The summed E-state index contributed by atoms with van der Waals surface area (Å²) >= 11 is 1.39. The van der Waals surface area contributed by atoms with Crippen LogP contribution in [0.3, 0.4) is 0 Å². The molecule has 0 fully saturated rings. The summed E-state index contributed by atoms with van der Waals surface area (Å²) in [6, 6.07) is 28.2. The zero-order chi connectivity index (χ0) is 32.2. The normalized spacial score (nSPS) is 11.6. The summed E-state index contributed by atoms with van der Waals surface area (Å²) in [7, 11) is 4.61. The van der Waals surface area contributed by atoms with Crippen molar-refractivity contribution in [3.8, 4) is 17.2 Å². The minimum absolute atomic E-state index is 0.00114. The second kappa shape index (κ2) is 16.0. The van der Waals surface area contributed by atoms with Gasteiger partial charge in [0.2, 0.25) is 5.91 Å². The number of carbonyl (C=O) groups excluding carboxylic acids is 3. The maximum absolute atomic E-state index is 13.6. The lowest BCUT2D eigenvalue weighted by molar-refractivity contribution is -0.116. The molecule has 232 valence electrons. The molecule has 0 saturated carbocycles. The fourth-order valence-electron chi connectivity index (χ4n) is 4.35. The van der Waals surface area contributed by atoms with Gasteiger partial charge in [-0.2, -0.15) is 0 Å². The highest BCUT2D eigenvalue weighted by Gasteiger charge is 2.20. The number of hydrogen-bond acceptors (Lipinski definition) is 7. The van der Waals surface area contributed by atoms with E-state index in [1.54, 1.807) is 98.1 Å². The van der Waals surface area contributed by atoms with Crippen molar-refractivity contribution >= 4 is 46.9 Å². The van der Waals surface area contributed by atoms with E-state index in [4.69, 9.17) is 14.2 Å². The lowest BCUT2D eigenvalue weighted by Gasteiger charge is -2.16. The quantitative estimate of drug-likeness (QED) is 0.113. The van der Waals surface area contributed by atoms with E-state index < -0.39 is 11.8 Å². The molecule has 0 aliphatic carbocycles. The van der Waals surface area contributed by atoms with Crippen molar-refractivity contribution in [1.82, 2.24) is 5.32 Å². The van der Waals surface area contributed by atoms with Crippen LogP contribution in [0.15, 0.2) is 108 Å². The first-order valence-electron chi connectivity index (χ1n) is 14.2. The third-order valence-electron chi connectivity index (χ3n) is 6.65. The molecule has 0 aliphatic heterocycles. The van der Waals surface area contributed by atoms with Crippen molar-refractivity contribution in [1.29, 1.82) is 0 Å². The Hall–Kier alpha value is -5.22. The van der Waals surface area contributed by atoms with Crippen LogP contribution < -0.4 is 30.2 Å². The Balaban J connectivity index is 1.54. The molecule has 0 aromatic heterocycles. The average Bonchev–Trinajstić information content (AvgIpc) is 3.07. The molecule has 4 aromatic carbocycles. The number of hydrogen-bond donors (Lipinski definition) is 3. The molecule has 9 nitrogen and oxygen atoms in total. The van der Waals surface area contributed by atoms with Crippen molar-refractivity contribution in [3.05, 3.63) is 114 Å². The molecular weight excluding hydrogens is 590 g/mol. The third kappa shape index (κ3) is 8.90. The zero-order valence-corrected chi connectivity index (χ0v) is 26.3. The fourth-order valence-corrected chi connectivity index (χ4v) is 5.37. The lowest BCUT2D eigenvalue weighted by atomic mass is 10.1. The van der Waals surface area contributed by atoms with Gasteiger partial charge in [0, 0.05) is 27.4 Å². The van der Waals surface area contributed by atoms with Gasteiger partial charge in [-0.05, 0) is 73.2 Å². The summed E-state index contributed by atoms with van der Waals surface area (Å²) in [5, 5.41) is 8.19. The van der Waals surface area contributed by atoms with Gasteiger partial charge in [0.25, 0.3) is 11.8 Å².